The second kappa shape index (κ2) is 7.56. The number of aliphatic hydroxyl groups is 1. The quantitative estimate of drug-likeness (QED) is 0.663. The summed E-state index contributed by atoms with van der Waals surface area (Å²) in [5.74, 6) is 0.531. The summed E-state index contributed by atoms with van der Waals surface area (Å²) in [5.41, 5.74) is 4.69. The molecule has 0 aromatic rings. The molecule has 1 rings (SSSR count). The smallest absolute Gasteiger partial charge is 0.221 e. The van der Waals surface area contributed by atoms with Crippen LogP contribution in [-0.2, 0) is 4.79 Å². The highest BCUT2D eigenvalue weighted by Gasteiger charge is 2.14. The molecule has 0 saturated heterocycles. The predicted molar refractivity (Wildman–Crippen MR) is 57.6 cm³/mol. The molecule has 0 aromatic heterocycles. The lowest BCUT2D eigenvalue weighted by molar-refractivity contribution is -0.117. The van der Waals surface area contributed by atoms with Crippen molar-refractivity contribution < 1.29 is 9.90 Å². The van der Waals surface area contributed by atoms with Crippen LogP contribution in [0.1, 0.15) is 39.0 Å². The molecule has 3 heteroatoms. The molecule has 0 unspecified atom stereocenters. The molecular formula is C11H21NO2. The van der Waals surface area contributed by atoms with Crippen molar-refractivity contribution in [3.05, 3.63) is 12.7 Å². The molecule has 0 atom stereocenters. The van der Waals surface area contributed by atoms with E-state index >= 15 is 0 Å². The summed E-state index contributed by atoms with van der Waals surface area (Å²) in [4.78, 5) is 9.75. The van der Waals surface area contributed by atoms with Crippen molar-refractivity contribution in [3.63, 3.8) is 0 Å². The van der Waals surface area contributed by atoms with Gasteiger partial charge in [0.25, 0.3) is 0 Å². The Bertz CT molecular complexity index is 162. The minimum absolute atomic E-state index is 0.0196. The van der Waals surface area contributed by atoms with Crippen molar-refractivity contribution in [1.29, 1.82) is 0 Å². The van der Waals surface area contributed by atoms with Crippen LogP contribution in [-0.4, -0.2) is 17.1 Å². The summed E-state index contributed by atoms with van der Waals surface area (Å²) in [6.45, 7) is 5.56. The number of hydrogen-bond donors (Lipinski definition) is 2. The Morgan fingerprint density at radius 2 is 2.00 bits per heavy atom. The van der Waals surface area contributed by atoms with Crippen LogP contribution in [0.15, 0.2) is 12.7 Å². The van der Waals surface area contributed by atoms with Gasteiger partial charge in [-0.1, -0.05) is 13.0 Å². The highest BCUT2D eigenvalue weighted by atomic mass is 16.3. The first kappa shape index (κ1) is 13.2. The van der Waals surface area contributed by atoms with Gasteiger partial charge in [0.05, 0.1) is 6.10 Å². The number of amides is 1. The zero-order chi connectivity index (χ0) is 11.0. The number of carbonyl (C=O) groups excluding carboxylic acids is 1. The molecule has 1 fully saturated rings. The Labute approximate surface area is 86.0 Å². The third-order valence-corrected chi connectivity index (χ3v) is 2.33. The molecule has 1 saturated carbocycles. The summed E-state index contributed by atoms with van der Waals surface area (Å²) in [7, 11) is 0. The van der Waals surface area contributed by atoms with Gasteiger partial charge in [0.1, 0.15) is 0 Å². The molecule has 1 aliphatic rings. The highest BCUT2D eigenvalue weighted by molar-refractivity contribution is 5.75. The number of carbonyl (C=O) groups is 1. The second-order valence-corrected chi connectivity index (χ2v) is 3.87. The molecule has 14 heavy (non-hydrogen) atoms. The van der Waals surface area contributed by atoms with E-state index in [1.807, 2.05) is 0 Å². The zero-order valence-electron chi connectivity index (χ0n) is 8.91. The van der Waals surface area contributed by atoms with Crippen LogP contribution >= 0.6 is 0 Å². The average molecular weight is 199 g/mol. The van der Waals surface area contributed by atoms with Crippen molar-refractivity contribution in [2.24, 2.45) is 11.7 Å². The monoisotopic (exact) mass is 199 g/mol. The molecule has 0 radical (unpaired) electrons. The van der Waals surface area contributed by atoms with Crippen molar-refractivity contribution in [2.75, 3.05) is 0 Å². The first-order valence-electron chi connectivity index (χ1n) is 5.13. The molecule has 0 heterocycles. The summed E-state index contributed by atoms with van der Waals surface area (Å²) >= 11 is 0. The van der Waals surface area contributed by atoms with Crippen LogP contribution in [0.3, 0.4) is 0 Å². The minimum Gasteiger partial charge on any atom is -0.393 e. The van der Waals surface area contributed by atoms with Crippen molar-refractivity contribution >= 4 is 5.91 Å². The highest BCUT2D eigenvalue weighted by Crippen LogP contribution is 2.22. The largest absolute Gasteiger partial charge is 0.393 e. The van der Waals surface area contributed by atoms with E-state index in [1.54, 1.807) is 0 Å². The standard InChI is InChI=1S/C7H14O.C4H7NO/c1-6-2-4-7(8)5-3-6;1-2-3-4(5)6/h6-8H,2-5H2,1H3;2H,1,3H2,(H2,5,6). The molecule has 3 N–H and O–H groups in total. The van der Waals surface area contributed by atoms with E-state index in [2.05, 4.69) is 13.5 Å². The SMILES string of the molecule is C=CCC(N)=O.CC1CCC(O)CC1. The van der Waals surface area contributed by atoms with E-state index in [-0.39, 0.29) is 18.4 Å². The fraction of sp³-hybridized carbons (Fsp3) is 0.727. The van der Waals surface area contributed by atoms with Crippen molar-refractivity contribution in [3.8, 4) is 0 Å². The van der Waals surface area contributed by atoms with Gasteiger partial charge < -0.3 is 10.8 Å². The molecule has 1 aliphatic carbocycles. The first-order chi connectivity index (χ1) is 6.56. The molecule has 3 nitrogen and oxygen atoms in total. The Hall–Kier alpha value is -0.830. The molecule has 82 valence electrons. The van der Waals surface area contributed by atoms with Gasteiger partial charge in [0, 0.05) is 6.42 Å². The van der Waals surface area contributed by atoms with Crippen LogP contribution < -0.4 is 5.73 Å². The van der Waals surface area contributed by atoms with E-state index in [1.165, 1.54) is 18.9 Å². The molecular weight excluding hydrogens is 178 g/mol. The Morgan fingerprint density at radius 3 is 2.21 bits per heavy atom. The van der Waals surface area contributed by atoms with Crippen LogP contribution in [0.4, 0.5) is 0 Å². The topological polar surface area (TPSA) is 63.3 Å². The fourth-order valence-corrected chi connectivity index (χ4v) is 1.38. The van der Waals surface area contributed by atoms with Gasteiger partial charge in [-0.15, -0.1) is 6.58 Å². The molecule has 0 bridgehead atoms. The molecule has 0 aliphatic heterocycles. The number of rotatable bonds is 2. The van der Waals surface area contributed by atoms with Gasteiger partial charge in [0.15, 0.2) is 0 Å². The van der Waals surface area contributed by atoms with E-state index < -0.39 is 0 Å². The summed E-state index contributed by atoms with van der Waals surface area (Å²) in [6.07, 6.45) is 6.28. The normalized spacial score (nSPS) is 25.9. The lowest BCUT2D eigenvalue weighted by Gasteiger charge is -2.21. The Kier molecular flexibility index (Phi) is 7.11. The average Bonchev–Trinajstić information content (AvgIpc) is 2.11. The van der Waals surface area contributed by atoms with Crippen LogP contribution in [0.25, 0.3) is 0 Å². The third kappa shape index (κ3) is 7.80. The molecule has 1 amide bonds. The van der Waals surface area contributed by atoms with Gasteiger partial charge in [-0.2, -0.15) is 0 Å². The lowest BCUT2D eigenvalue weighted by Crippen LogP contribution is -2.15. The van der Waals surface area contributed by atoms with E-state index in [0.717, 1.165) is 18.8 Å². The maximum atomic E-state index is 9.75. The van der Waals surface area contributed by atoms with Gasteiger partial charge in [0.2, 0.25) is 5.91 Å². The maximum Gasteiger partial charge on any atom is 0.221 e. The zero-order valence-corrected chi connectivity index (χ0v) is 8.91. The number of hydrogen-bond acceptors (Lipinski definition) is 2. The van der Waals surface area contributed by atoms with Gasteiger partial charge in [-0.25, -0.2) is 0 Å². The lowest BCUT2D eigenvalue weighted by atomic mass is 9.89. The molecule has 0 aromatic carbocycles. The van der Waals surface area contributed by atoms with E-state index in [4.69, 9.17) is 10.8 Å². The summed E-state index contributed by atoms with van der Waals surface area (Å²) in [6, 6.07) is 0. The fourth-order valence-electron chi connectivity index (χ4n) is 1.38. The van der Waals surface area contributed by atoms with Crippen molar-refractivity contribution in [2.45, 2.75) is 45.1 Å². The summed E-state index contributed by atoms with van der Waals surface area (Å²) < 4.78 is 0. The Morgan fingerprint density at radius 1 is 1.50 bits per heavy atom. The van der Waals surface area contributed by atoms with Crippen LogP contribution in [0.2, 0.25) is 0 Å². The van der Waals surface area contributed by atoms with E-state index in [0.29, 0.717) is 0 Å². The van der Waals surface area contributed by atoms with Gasteiger partial charge >= 0.3 is 0 Å². The third-order valence-electron chi connectivity index (χ3n) is 2.33. The van der Waals surface area contributed by atoms with Crippen LogP contribution in [0, 0.1) is 5.92 Å². The number of nitrogens with two attached hydrogens (primary N) is 1. The van der Waals surface area contributed by atoms with E-state index in [9.17, 15) is 4.79 Å². The second-order valence-electron chi connectivity index (χ2n) is 3.87. The van der Waals surface area contributed by atoms with Gasteiger partial charge in [-0.3, -0.25) is 4.79 Å². The molecule has 0 spiro atoms. The van der Waals surface area contributed by atoms with Crippen molar-refractivity contribution in [1.82, 2.24) is 0 Å². The number of primary amides is 1. The Balaban J connectivity index is 0.000000255. The summed E-state index contributed by atoms with van der Waals surface area (Å²) in [5, 5.41) is 9.03. The minimum atomic E-state index is -0.329. The maximum absolute atomic E-state index is 9.75. The van der Waals surface area contributed by atoms with Gasteiger partial charge in [-0.05, 0) is 31.6 Å². The first-order valence-corrected chi connectivity index (χ1v) is 5.13. The predicted octanol–water partition coefficient (Wildman–Crippen LogP) is 1.61. The van der Waals surface area contributed by atoms with Crippen LogP contribution in [0.5, 0.6) is 0 Å². The number of aliphatic hydroxyl groups excluding tert-OH is 1.